The van der Waals surface area contributed by atoms with E-state index in [4.69, 9.17) is 5.84 Å². The van der Waals surface area contributed by atoms with Gasteiger partial charge in [0, 0.05) is 26.7 Å². The van der Waals surface area contributed by atoms with Crippen molar-refractivity contribution in [3.05, 3.63) is 56.7 Å². The summed E-state index contributed by atoms with van der Waals surface area (Å²) < 4.78 is 4.02. The van der Waals surface area contributed by atoms with Gasteiger partial charge in [-0.2, -0.15) is 4.98 Å². The third kappa shape index (κ3) is 2.87. The molecule has 28 heavy (non-hydrogen) atoms. The fourth-order valence-corrected chi connectivity index (χ4v) is 3.62. The molecular weight excluding hydrogens is 362 g/mol. The van der Waals surface area contributed by atoms with Crippen molar-refractivity contribution in [2.45, 2.75) is 26.1 Å². The summed E-state index contributed by atoms with van der Waals surface area (Å²) in [6, 6.07) is 10.00. The van der Waals surface area contributed by atoms with Crippen LogP contribution in [-0.2, 0) is 31.5 Å². The number of nitrogens with two attached hydrogens (primary N) is 1. The molecule has 1 aliphatic heterocycles. The Balaban J connectivity index is 1.86. The molecule has 0 atom stereocenters. The van der Waals surface area contributed by atoms with E-state index in [0.717, 1.165) is 23.1 Å². The van der Waals surface area contributed by atoms with Gasteiger partial charge >= 0.3 is 5.69 Å². The number of nitrogens with one attached hydrogen (secondary N) is 1. The van der Waals surface area contributed by atoms with Crippen LogP contribution in [0.5, 0.6) is 0 Å². The summed E-state index contributed by atoms with van der Waals surface area (Å²) in [5.74, 6) is 5.13. The Bertz CT molecular complexity index is 1160. The van der Waals surface area contributed by atoms with Crippen LogP contribution >= 0.6 is 0 Å². The Morgan fingerprint density at radius 3 is 2.68 bits per heavy atom. The molecule has 0 radical (unpaired) electrons. The van der Waals surface area contributed by atoms with Crippen LogP contribution < -0.4 is 27.4 Å². The third-order valence-corrected chi connectivity index (χ3v) is 4.98. The fraction of sp³-hybridized carbons (Fsp3) is 0.333. The van der Waals surface area contributed by atoms with Crippen LogP contribution in [0, 0.1) is 0 Å². The first-order chi connectivity index (χ1) is 13.5. The highest BCUT2D eigenvalue weighted by molar-refractivity contribution is 5.77. The molecule has 0 fully saturated rings. The third-order valence-electron chi connectivity index (χ3n) is 4.98. The number of aromatic nitrogens is 4. The van der Waals surface area contributed by atoms with Crippen LogP contribution in [0.4, 0.5) is 5.95 Å². The lowest BCUT2D eigenvalue weighted by Gasteiger charge is -2.29. The number of hydrogen-bond donors (Lipinski definition) is 2. The van der Waals surface area contributed by atoms with Crippen molar-refractivity contribution in [2.24, 2.45) is 12.9 Å². The molecule has 146 valence electrons. The van der Waals surface area contributed by atoms with Crippen molar-refractivity contribution in [3.8, 4) is 0 Å². The summed E-state index contributed by atoms with van der Waals surface area (Å²) in [6.45, 7) is 1.64. The second-order valence-electron chi connectivity index (χ2n) is 6.80. The predicted molar refractivity (Wildman–Crippen MR) is 104 cm³/mol. The average Bonchev–Trinajstić information content (AvgIpc) is 3.11. The Morgan fingerprint density at radius 2 is 1.96 bits per heavy atom. The molecule has 0 aliphatic carbocycles. The van der Waals surface area contributed by atoms with E-state index in [0.29, 0.717) is 30.2 Å². The number of carbonyl (C=O) groups excluding carboxylic acids is 1. The molecule has 3 aromatic rings. The highest BCUT2D eigenvalue weighted by atomic mass is 16.2. The van der Waals surface area contributed by atoms with Crippen LogP contribution in [0.15, 0.2) is 39.9 Å². The van der Waals surface area contributed by atoms with Gasteiger partial charge in [-0.15, -0.1) is 0 Å². The number of carbonyl (C=O) groups is 1. The molecule has 0 saturated heterocycles. The zero-order valence-electron chi connectivity index (χ0n) is 15.5. The monoisotopic (exact) mass is 383 g/mol. The van der Waals surface area contributed by atoms with Gasteiger partial charge in [-0.25, -0.2) is 15.2 Å². The molecule has 10 heteroatoms. The van der Waals surface area contributed by atoms with Crippen molar-refractivity contribution in [1.82, 2.24) is 24.1 Å². The molecule has 0 spiro atoms. The largest absolute Gasteiger partial charge is 0.338 e. The number of imidazole rings is 1. The summed E-state index contributed by atoms with van der Waals surface area (Å²) in [5.41, 5.74) is 2.57. The maximum absolute atomic E-state index is 13.0. The Hall–Kier alpha value is -3.40. The van der Waals surface area contributed by atoms with Crippen molar-refractivity contribution in [1.29, 1.82) is 0 Å². The van der Waals surface area contributed by atoms with E-state index in [-0.39, 0.29) is 0 Å². The molecule has 2 aromatic heterocycles. The molecule has 1 aliphatic rings. The molecular formula is C18H21N7O3. The number of hydrogen-bond acceptors (Lipinski definition) is 6. The van der Waals surface area contributed by atoms with Gasteiger partial charge in [0.15, 0.2) is 11.2 Å². The Kier molecular flexibility index (Phi) is 4.47. The van der Waals surface area contributed by atoms with E-state index in [2.05, 4.69) is 9.88 Å². The zero-order valence-corrected chi connectivity index (χ0v) is 15.5. The zero-order chi connectivity index (χ0) is 19.8. The minimum atomic E-state index is -0.623. The SMILES string of the molecule is Cn1c(=O)n(CC(=O)NN)c(=O)c2c1nc1n2CCCN1Cc1ccccc1. The number of rotatable bonds is 4. The van der Waals surface area contributed by atoms with Gasteiger partial charge in [0.25, 0.3) is 11.5 Å². The number of benzene rings is 1. The topological polar surface area (TPSA) is 120 Å². The normalized spacial score (nSPS) is 13.6. The number of hydrazine groups is 1. The van der Waals surface area contributed by atoms with E-state index in [1.165, 1.54) is 4.57 Å². The van der Waals surface area contributed by atoms with Gasteiger partial charge in [0.1, 0.15) is 6.54 Å². The second-order valence-corrected chi connectivity index (χ2v) is 6.80. The van der Waals surface area contributed by atoms with Crippen LogP contribution in [-0.4, -0.2) is 31.1 Å². The summed E-state index contributed by atoms with van der Waals surface area (Å²) in [5, 5.41) is 0. The number of fused-ring (bicyclic) bond motifs is 3. The highest BCUT2D eigenvalue weighted by Crippen LogP contribution is 2.25. The maximum atomic E-state index is 13.0. The first-order valence-electron chi connectivity index (χ1n) is 8.99. The maximum Gasteiger partial charge on any atom is 0.332 e. The summed E-state index contributed by atoms with van der Waals surface area (Å²) in [4.78, 5) is 43.9. The highest BCUT2D eigenvalue weighted by Gasteiger charge is 2.26. The van der Waals surface area contributed by atoms with Gasteiger partial charge in [0.2, 0.25) is 5.95 Å². The average molecular weight is 383 g/mol. The standard InChI is InChI=1S/C18H21N7O3/c1-22-15-14(16(27)25(18(22)28)11-13(26)21-19)24-9-5-8-23(17(24)20-15)10-12-6-3-2-4-7-12/h2-4,6-7H,5,8-11,19H2,1H3,(H,21,26). The fourth-order valence-electron chi connectivity index (χ4n) is 3.62. The lowest BCUT2D eigenvalue weighted by molar-refractivity contribution is -0.121. The van der Waals surface area contributed by atoms with E-state index in [1.807, 2.05) is 40.3 Å². The van der Waals surface area contributed by atoms with Crippen LogP contribution in [0.1, 0.15) is 12.0 Å². The molecule has 1 amide bonds. The predicted octanol–water partition coefficient (Wildman–Crippen LogP) is -0.703. The molecule has 1 aromatic carbocycles. The lowest BCUT2D eigenvalue weighted by atomic mass is 10.2. The smallest absolute Gasteiger partial charge is 0.332 e. The van der Waals surface area contributed by atoms with Gasteiger partial charge in [-0.05, 0) is 12.0 Å². The molecule has 0 unspecified atom stereocenters. The van der Waals surface area contributed by atoms with Crippen molar-refractivity contribution in [2.75, 3.05) is 11.4 Å². The van der Waals surface area contributed by atoms with Gasteiger partial charge in [-0.3, -0.25) is 19.6 Å². The first kappa shape index (κ1) is 18.0. The van der Waals surface area contributed by atoms with E-state index in [1.54, 1.807) is 7.05 Å². The van der Waals surface area contributed by atoms with Crippen LogP contribution in [0.25, 0.3) is 11.2 Å². The summed E-state index contributed by atoms with van der Waals surface area (Å²) >= 11 is 0. The Morgan fingerprint density at radius 1 is 1.21 bits per heavy atom. The number of anilines is 1. The van der Waals surface area contributed by atoms with E-state index in [9.17, 15) is 14.4 Å². The molecule has 4 rings (SSSR count). The quantitative estimate of drug-likeness (QED) is 0.349. The summed E-state index contributed by atoms with van der Waals surface area (Å²) in [7, 11) is 1.54. The van der Waals surface area contributed by atoms with Crippen LogP contribution in [0.3, 0.4) is 0 Å². The summed E-state index contributed by atoms with van der Waals surface area (Å²) in [6.07, 6.45) is 0.844. The molecule has 0 bridgehead atoms. The lowest BCUT2D eigenvalue weighted by Crippen LogP contribution is -2.45. The number of aryl methyl sites for hydroxylation is 2. The van der Waals surface area contributed by atoms with Crippen molar-refractivity contribution in [3.63, 3.8) is 0 Å². The minimum Gasteiger partial charge on any atom is -0.338 e. The molecule has 0 saturated carbocycles. The van der Waals surface area contributed by atoms with Gasteiger partial charge < -0.3 is 9.47 Å². The van der Waals surface area contributed by atoms with E-state index >= 15 is 0 Å². The minimum absolute atomic E-state index is 0.314. The second kappa shape index (κ2) is 6.97. The first-order valence-corrected chi connectivity index (χ1v) is 8.99. The molecule has 3 heterocycles. The molecule has 10 nitrogen and oxygen atoms in total. The van der Waals surface area contributed by atoms with Crippen molar-refractivity contribution < 1.29 is 4.79 Å². The van der Waals surface area contributed by atoms with Gasteiger partial charge in [-0.1, -0.05) is 30.3 Å². The van der Waals surface area contributed by atoms with Crippen LogP contribution in [0.2, 0.25) is 0 Å². The number of nitrogens with zero attached hydrogens (tertiary/aromatic N) is 5. The number of amides is 1. The van der Waals surface area contributed by atoms with Gasteiger partial charge in [0.05, 0.1) is 0 Å². The van der Waals surface area contributed by atoms with E-state index < -0.39 is 23.7 Å². The molecule has 3 N–H and O–H groups in total. The Labute approximate surface area is 159 Å². The van der Waals surface area contributed by atoms with Crippen molar-refractivity contribution >= 4 is 23.0 Å².